The van der Waals surface area contributed by atoms with E-state index in [1.807, 2.05) is 0 Å². The van der Waals surface area contributed by atoms with Crippen LogP contribution in [0.4, 0.5) is 5.69 Å². The average molecular weight is 312 g/mol. The number of hydrogen-bond donors (Lipinski definition) is 0. The van der Waals surface area contributed by atoms with Gasteiger partial charge >= 0.3 is 5.97 Å². The third-order valence-corrected chi connectivity index (χ3v) is 2.79. The van der Waals surface area contributed by atoms with E-state index in [0.29, 0.717) is 5.82 Å². The van der Waals surface area contributed by atoms with E-state index in [2.05, 4.69) is 10.1 Å². The molecule has 1 unspecified atom stereocenters. The molecule has 1 aromatic heterocycles. The first-order chi connectivity index (χ1) is 9.88. The molecule has 9 heteroatoms. The number of nitro benzene ring substituents is 1. The summed E-state index contributed by atoms with van der Waals surface area (Å²) in [6, 6.07) is 3.63. The van der Waals surface area contributed by atoms with Crippen molar-refractivity contribution in [1.82, 2.24) is 10.1 Å². The third kappa shape index (κ3) is 3.34. The number of rotatable bonds is 4. The van der Waals surface area contributed by atoms with Gasteiger partial charge in [0, 0.05) is 11.1 Å². The van der Waals surface area contributed by atoms with Crippen molar-refractivity contribution >= 4 is 23.3 Å². The minimum Gasteiger partial charge on any atom is -0.449 e. The van der Waals surface area contributed by atoms with Gasteiger partial charge in [-0.1, -0.05) is 16.8 Å². The van der Waals surface area contributed by atoms with Gasteiger partial charge < -0.3 is 9.26 Å². The average Bonchev–Trinajstić information content (AvgIpc) is 2.85. The maximum Gasteiger partial charge on any atom is 0.345 e. The number of carbonyl (C=O) groups excluding carboxylic acids is 1. The van der Waals surface area contributed by atoms with E-state index >= 15 is 0 Å². The fourth-order valence-electron chi connectivity index (χ4n) is 1.58. The first-order valence-electron chi connectivity index (χ1n) is 5.83. The van der Waals surface area contributed by atoms with E-state index in [1.54, 1.807) is 6.92 Å². The highest BCUT2D eigenvalue weighted by atomic mass is 35.5. The van der Waals surface area contributed by atoms with Crippen molar-refractivity contribution in [1.29, 1.82) is 0 Å². The molecule has 0 saturated carbocycles. The summed E-state index contributed by atoms with van der Waals surface area (Å²) >= 11 is 5.75. The van der Waals surface area contributed by atoms with E-state index in [-0.39, 0.29) is 16.5 Å². The summed E-state index contributed by atoms with van der Waals surface area (Å²) in [5, 5.41) is 14.7. The zero-order valence-corrected chi connectivity index (χ0v) is 11.8. The number of hydrogen-bond acceptors (Lipinski definition) is 7. The first-order valence-corrected chi connectivity index (χ1v) is 6.21. The minimum absolute atomic E-state index is 0.102. The Labute approximate surface area is 123 Å². The topological polar surface area (TPSA) is 108 Å². The van der Waals surface area contributed by atoms with Crippen LogP contribution in [0.15, 0.2) is 22.7 Å². The number of halogens is 1. The molecule has 0 aliphatic rings. The standard InChI is InChI=1S/C12H10ClN3O5/c1-6(11-14-7(2)15-21-11)20-12(17)9-5-8(13)3-4-10(9)16(18)19/h3-6H,1-2H3. The summed E-state index contributed by atoms with van der Waals surface area (Å²) in [7, 11) is 0. The minimum atomic E-state index is -0.896. The second kappa shape index (κ2) is 5.88. The van der Waals surface area contributed by atoms with Gasteiger partial charge in [-0.15, -0.1) is 0 Å². The summed E-state index contributed by atoms with van der Waals surface area (Å²) < 4.78 is 9.95. The van der Waals surface area contributed by atoms with Gasteiger partial charge in [0.05, 0.1) is 4.92 Å². The normalized spacial score (nSPS) is 12.0. The van der Waals surface area contributed by atoms with Crippen LogP contribution in [0.25, 0.3) is 0 Å². The monoisotopic (exact) mass is 311 g/mol. The summed E-state index contributed by atoms with van der Waals surface area (Å²) in [6.07, 6.45) is -0.836. The predicted octanol–water partition coefficient (Wildman–Crippen LogP) is 2.86. The van der Waals surface area contributed by atoms with Crippen LogP contribution < -0.4 is 0 Å². The van der Waals surface area contributed by atoms with Crippen LogP contribution in [0.1, 0.15) is 35.1 Å². The molecule has 0 amide bonds. The number of carbonyl (C=O) groups is 1. The van der Waals surface area contributed by atoms with E-state index in [9.17, 15) is 14.9 Å². The number of ether oxygens (including phenoxy) is 1. The molecule has 0 spiro atoms. The van der Waals surface area contributed by atoms with Gasteiger partial charge in [-0.2, -0.15) is 4.98 Å². The molecule has 0 fully saturated rings. The number of esters is 1. The van der Waals surface area contributed by atoms with Gasteiger partial charge in [0.15, 0.2) is 11.9 Å². The Morgan fingerprint density at radius 2 is 2.24 bits per heavy atom. The molecule has 1 atom stereocenters. The molecule has 0 bridgehead atoms. The van der Waals surface area contributed by atoms with E-state index in [1.165, 1.54) is 19.1 Å². The van der Waals surface area contributed by atoms with Crippen molar-refractivity contribution in [3.63, 3.8) is 0 Å². The number of aryl methyl sites for hydroxylation is 1. The van der Waals surface area contributed by atoms with Crippen molar-refractivity contribution in [2.75, 3.05) is 0 Å². The number of nitro groups is 1. The molecule has 1 aromatic carbocycles. The summed E-state index contributed by atoms with van der Waals surface area (Å²) in [6.45, 7) is 3.13. The molecule has 0 aliphatic carbocycles. The summed E-state index contributed by atoms with van der Waals surface area (Å²) in [4.78, 5) is 26.2. The van der Waals surface area contributed by atoms with Gasteiger partial charge in [-0.25, -0.2) is 4.79 Å². The van der Waals surface area contributed by atoms with Crippen molar-refractivity contribution in [2.24, 2.45) is 0 Å². The molecule has 0 aliphatic heterocycles. The van der Waals surface area contributed by atoms with Crippen LogP contribution in [0, 0.1) is 17.0 Å². The van der Waals surface area contributed by atoms with E-state index < -0.39 is 22.7 Å². The fraction of sp³-hybridized carbons (Fsp3) is 0.250. The smallest absolute Gasteiger partial charge is 0.345 e. The maximum absolute atomic E-state index is 12.0. The van der Waals surface area contributed by atoms with Crippen molar-refractivity contribution < 1.29 is 19.0 Å². The van der Waals surface area contributed by atoms with Crippen LogP contribution in [0.3, 0.4) is 0 Å². The van der Waals surface area contributed by atoms with E-state index in [4.69, 9.17) is 20.9 Å². The van der Waals surface area contributed by atoms with Crippen LogP contribution >= 0.6 is 11.6 Å². The summed E-state index contributed by atoms with van der Waals surface area (Å²) in [5.41, 5.74) is -0.631. The lowest BCUT2D eigenvalue weighted by atomic mass is 10.2. The highest BCUT2D eigenvalue weighted by molar-refractivity contribution is 6.31. The van der Waals surface area contributed by atoms with Gasteiger partial charge in [-0.05, 0) is 26.0 Å². The molecule has 8 nitrogen and oxygen atoms in total. The lowest BCUT2D eigenvalue weighted by molar-refractivity contribution is -0.385. The maximum atomic E-state index is 12.0. The Morgan fingerprint density at radius 3 is 2.81 bits per heavy atom. The fourth-order valence-corrected chi connectivity index (χ4v) is 1.76. The molecule has 110 valence electrons. The molecule has 2 rings (SSSR count). The zero-order chi connectivity index (χ0) is 15.6. The van der Waals surface area contributed by atoms with Gasteiger partial charge in [0.2, 0.25) is 0 Å². The summed E-state index contributed by atoms with van der Waals surface area (Å²) in [5.74, 6) is -0.403. The molecule has 1 heterocycles. The molecular weight excluding hydrogens is 302 g/mol. The Kier molecular flexibility index (Phi) is 4.18. The quantitative estimate of drug-likeness (QED) is 0.485. The van der Waals surface area contributed by atoms with Crippen LogP contribution in [0.2, 0.25) is 5.02 Å². The SMILES string of the molecule is Cc1noc(C(C)OC(=O)c2cc(Cl)ccc2[N+](=O)[O-])n1. The molecule has 0 radical (unpaired) electrons. The Morgan fingerprint density at radius 1 is 1.52 bits per heavy atom. The number of aromatic nitrogens is 2. The lowest BCUT2D eigenvalue weighted by Gasteiger charge is -2.09. The third-order valence-electron chi connectivity index (χ3n) is 2.55. The highest BCUT2D eigenvalue weighted by Crippen LogP contribution is 2.25. The number of benzene rings is 1. The van der Waals surface area contributed by atoms with E-state index in [0.717, 1.165) is 6.07 Å². The molecule has 0 N–H and O–H groups in total. The second-order valence-corrected chi connectivity index (χ2v) is 4.58. The van der Waals surface area contributed by atoms with Crippen LogP contribution in [-0.2, 0) is 4.74 Å². The van der Waals surface area contributed by atoms with Gasteiger partial charge in [-0.3, -0.25) is 10.1 Å². The van der Waals surface area contributed by atoms with Crippen LogP contribution in [-0.4, -0.2) is 21.0 Å². The Balaban J connectivity index is 2.24. The lowest BCUT2D eigenvalue weighted by Crippen LogP contribution is -2.11. The molecule has 0 saturated heterocycles. The van der Waals surface area contributed by atoms with Crippen molar-refractivity contribution in [2.45, 2.75) is 20.0 Å². The Bertz CT molecular complexity index is 700. The molecular formula is C12H10ClN3O5. The predicted molar refractivity (Wildman–Crippen MR) is 71.0 cm³/mol. The zero-order valence-electron chi connectivity index (χ0n) is 11.1. The Hall–Kier alpha value is -2.48. The number of nitrogens with zero attached hydrogens (tertiary/aromatic N) is 3. The van der Waals surface area contributed by atoms with Crippen molar-refractivity contribution in [3.8, 4) is 0 Å². The first kappa shape index (κ1) is 14.9. The van der Waals surface area contributed by atoms with Gasteiger partial charge in [0.1, 0.15) is 5.56 Å². The van der Waals surface area contributed by atoms with Crippen LogP contribution in [0.5, 0.6) is 0 Å². The second-order valence-electron chi connectivity index (χ2n) is 4.15. The molecule has 2 aromatic rings. The largest absolute Gasteiger partial charge is 0.449 e. The molecule has 21 heavy (non-hydrogen) atoms. The van der Waals surface area contributed by atoms with Crippen molar-refractivity contribution in [3.05, 3.63) is 50.6 Å². The van der Waals surface area contributed by atoms with Gasteiger partial charge in [0.25, 0.3) is 11.6 Å². The highest BCUT2D eigenvalue weighted by Gasteiger charge is 2.25.